The summed E-state index contributed by atoms with van der Waals surface area (Å²) in [6.07, 6.45) is -0.421. The Bertz CT molecular complexity index is 172. The highest BCUT2D eigenvalue weighted by Crippen LogP contribution is 2.54. The lowest BCUT2D eigenvalue weighted by molar-refractivity contribution is 0.194. The summed E-state index contributed by atoms with van der Waals surface area (Å²) >= 11 is 0. The van der Waals surface area contributed by atoms with Crippen molar-refractivity contribution in [3.8, 4) is 0 Å². The Kier molecular flexibility index (Phi) is 2.26. The van der Waals surface area contributed by atoms with Crippen molar-refractivity contribution in [1.82, 2.24) is 5.32 Å². The molecule has 0 radical (unpaired) electrons. The van der Waals surface area contributed by atoms with Crippen molar-refractivity contribution in [3.63, 3.8) is 0 Å². The van der Waals surface area contributed by atoms with E-state index >= 15 is 0 Å². The van der Waals surface area contributed by atoms with E-state index in [1.54, 1.807) is 0 Å². The summed E-state index contributed by atoms with van der Waals surface area (Å²) in [4.78, 5) is 9.99. The molecule has 1 aliphatic rings. The molecular weight excluding hydrogens is 170 g/mol. The fourth-order valence-corrected chi connectivity index (χ4v) is 2.27. The van der Waals surface area contributed by atoms with Crippen LogP contribution in [0.3, 0.4) is 0 Å². The second-order valence-corrected chi connectivity index (χ2v) is 5.03. The van der Waals surface area contributed by atoms with E-state index in [2.05, 4.69) is 5.32 Å². The Morgan fingerprint density at radius 2 is 2.27 bits per heavy atom. The van der Waals surface area contributed by atoms with Crippen molar-refractivity contribution >= 4 is 16.7 Å². The van der Waals surface area contributed by atoms with Crippen LogP contribution in [0.4, 0.5) is 4.79 Å². The van der Waals surface area contributed by atoms with E-state index in [9.17, 15) is 4.79 Å². The first kappa shape index (κ1) is 8.63. The van der Waals surface area contributed by atoms with Crippen LogP contribution < -0.4 is 5.32 Å². The molecule has 0 bridgehead atoms. The average Bonchev–Trinajstić information content (AvgIpc) is 1.85. The summed E-state index contributed by atoms with van der Waals surface area (Å²) in [5.41, 5.74) is 0. The van der Waals surface area contributed by atoms with Crippen molar-refractivity contribution in [2.75, 3.05) is 12.3 Å². The number of hydrogen-bond donors (Lipinski definition) is 4. The van der Waals surface area contributed by atoms with Crippen molar-refractivity contribution in [3.05, 3.63) is 0 Å². The van der Waals surface area contributed by atoms with E-state index in [1.165, 1.54) is 0 Å². The van der Waals surface area contributed by atoms with Crippen molar-refractivity contribution in [2.45, 2.75) is 11.7 Å². The predicted octanol–water partition coefficient (Wildman–Crippen LogP) is 0.777. The molecule has 0 aliphatic carbocycles. The van der Waals surface area contributed by atoms with Crippen LogP contribution in [0.25, 0.3) is 0 Å². The Morgan fingerprint density at radius 1 is 1.64 bits per heavy atom. The lowest BCUT2D eigenvalue weighted by Gasteiger charge is -2.49. The van der Waals surface area contributed by atoms with Gasteiger partial charge in [-0.1, -0.05) is 0 Å². The zero-order valence-electron chi connectivity index (χ0n) is 5.86. The summed E-state index contributed by atoms with van der Waals surface area (Å²) in [7, 11) is -2.44. The smallest absolute Gasteiger partial charge is 0.404 e. The Hall–Kier alpha value is -0.460. The van der Waals surface area contributed by atoms with Gasteiger partial charge in [-0.2, -0.15) is 10.6 Å². The SMILES string of the molecule is O=C(O)NCC1CCS1(O)O. The van der Waals surface area contributed by atoms with Crippen LogP contribution in [-0.4, -0.2) is 37.9 Å². The molecule has 1 heterocycles. The highest BCUT2D eigenvalue weighted by atomic mass is 32.3. The fourth-order valence-electron chi connectivity index (χ4n) is 0.932. The third-order valence-electron chi connectivity index (χ3n) is 1.76. The third-order valence-corrected chi connectivity index (χ3v) is 4.06. The van der Waals surface area contributed by atoms with Crippen LogP contribution in [-0.2, 0) is 0 Å². The number of hydrogen-bond acceptors (Lipinski definition) is 3. The normalized spacial score (nSPS) is 30.2. The Balaban J connectivity index is 2.23. The van der Waals surface area contributed by atoms with E-state index in [0.29, 0.717) is 12.2 Å². The van der Waals surface area contributed by atoms with Gasteiger partial charge in [-0.05, 0) is 6.42 Å². The molecule has 0 aromatic carbocycles. The molecule has 5 nitrogen and oxygen atoms in total. The average molecular weight is 181 g/mol. The van der Waals surface area contributed by atoms with Gasteiger partial charge in [-0.15, -0.1) is 0 Å². The van der Waals surface area contributed by atoms with Gasteiger partial charge in [0.05, 0.1) is 5.25 Å². The molecule has 0 spiro atoms. The Morgan fingerprint density at radius 3 is 2.55 bits per heavy atom. The molecule has 1 atom stereocenters. The molecule has 0 saturated carbocycles. The molecule has 1 saturated heterocycles. The third kappa shape index (κ3) is 1.98. The van der Waals surface area contributed by atoms with Gasteiger partial charge in [0.2, 0.25) is 0 Å². The minimum atomic E-state index is -2.44. The van der Waals surface area contributed by atoms with Crippen LogP contribution in [0.2, 0.25) is 0 Å². The topological polar surface area (TPSA) is 89.8 Å². The largest absolute Gasteiger partial charge is 0.465 e. The van der Waals surface area contributed by atoms with Gasteiger partial charge in [0.1, 0.15) is 0 Å². The van der Waals surface area contributed by atoms with Gasteiger partial charge < -0.3 is 10.4 Å². The van der Waals surface area contributed by atoms with E-state index in [0.717, 1.165) is 0 Å². The van der Waals surface area contributed by atoms with E-state index in [4.69, 9.17) is 14.2 Å². The molecule has 4 N–H and O–H groups in total. The van der Waals surface area contributed by atoms with Crippen LogP contribution in [0.5, 0.6) is 0 Å². The highest BCUT2D eigenvalue weighted by molar-refractivity contribution is 8.26. The molecule has 6 heteroatoms. The molecule has 1 unspecified atom stereocenters. The van der Waals surface area contributed by atoms with Crippen LogP contribution in [0.15, 0.2) is 0 Å². The number of rotatable bonds is 2. The van der Waals surface area contributed by atoms with E-state index in [1.807, 2.05) is 0 Å². The summed E-state index contributed by atoms with van der Waals surface area (Å²) in [5, 5.41) is 10.0. The summed E-state index contributed by atoms with van der Waals surface area (Å²) < 4.78 is 18.2. The van der Waals surface area contributed by atoms with E-state index in [-0.39, 0.29) is 11.8 Å². The molecule has 1 fully saturated rings. The number of carbonyl (C=O) groups is 1. The quantitative estimate of drug-likeness (QED) is 0.506. The number of amides is 1. The van der Waals surface area contributed by atoms with Gasteiger partial charge in [0, 0.05) is 12.3 Å². The summed E-state index contributed by atoms with van der Waals surface area (Å²) in [6.45, 7) is 0.150. The fraction of sp³-hybridized carbons (Fsp3) is 0.800. The maximum atomic E-state index is 9.99. The first-order chi connectivity index (χ1) is 5.02. The molecule has 0 aromatic heterocycles. The maximum absolute atomic E-state index is 9.99. The lowest BCUT2D eigenvalue weighted by Crippen LogP contribution is -2.41. The predicted molar refractivity (Wildman–Crippen MR) is 42.1 cm³/mol. The van der Waals surface area contributed by atoms with E-state index < -0.39 is 16.7 Å². The minimum absolute atomic E-state index is 0.150. The summed E-state index contributed by atoms with van der Waals surface area (Å²) in [5.74, 6) is 0.416. The zero-order valence-corrected chi connectivity index (χ0v) is 6.67. The first-order valence-corrected chi connectivity index (χ1v) is 5.02. The monoisotopic (exact) mass is 181 g/mol. The standard InChI is InChI=1S/C5H11NO4S/c7-5(8)6-3-4-1-2-11(4,9)10/h4,6,9-10H,1-3H2,(H,7,8). The molecule has 1 aliphatic heterocycles. The van der Waals surface area contributed by atoms with Crippen LogP contribution >= 0.6 is 10.6 Å². The van der Waals surface area contributed by atoms with Crippen LogP contribution in [0.1, 0.15) is 6.42 Å². The maximum Gasteiger partial charge on any atom is 0.404 e. The second-order valence-electron chi connectivity index (χ2n) is 2.52. The van der Waals surface area contributed by atoms with Gasteiger partial charge in [0.15, 0.2) is 0 Å². The van der Waals surface area contributed by atoms with Crippen molar-refractivity contribution in [2.24, 2.45) is 0 Å². The molecular formula is C5H11NO4S. The molecule has 66 valence electrons. The van der Waals surface area contributed by atoms with Crippen LogP contribution in [0, 0.1) is 0 Å². The van der Waals surface area contributed by atoms with Gasteiger partial charge >= 0.3 is 6.09 Å². The second kappa shape index (κ2) is 2.88. The van der Waals surface area contributed by atoms with Gasteiger partial charge in [-0.3, -0.25) is 9.11 Å². The molecule has 1 rings (SSSR count). The van der Waals surface area contributed by atoms with Gasteiger partial charge in [-0.25, -0.2) is 4.79 Å². The molecule has 1 amide bonds. The van der Waals surface area contributed by atoms with Gasteiger partial charge in [0.25, 0.3) is 0 Å². The number of carboxylic acid groups (broad SMARTS) is 1. The molecule has 11 heavy (non-hydrogen) atoms. The summed E-state index contributed by atoms with van der Waals surface area (Å²) in [6, 6.07) is 0. The minimum Gasteiger partial charge on any atom is -0.465 e. The number of nitrogens with one attached hydrogen (secondary N) is 1. The highest BCUT2D eigenvalue weighted by Gasteiger charge is 2.35. The first-order valence-electron chi connectivity index (χ1n) is 3.24. The van der Waals surface area contributed by atoms with Crippen molar-refractivity contribution in [1.29, 1.82) is 0 Å². The zero-order chi connectivity index (χ0) is 8.48. The Labute approximate surface area is 65.8 Å². The molecule has 0 aromatic rings. The van der Waals surface area contributed by atoms with Crippen molar-refractivity contribution < 1.29 is 19.0 Å². The lowest BCUT2D eigenvalue weighted by atomic mass is 10.3.